The Morgan fingerprint density at radius 3 is 2.79 bits per heavy atom. The first-order valence-corrected chi connectivity index (χ1v) is 9.84. The minimum absolute atomic E-state index is 0.0429. The zero-order valence-electron chi connectivity index (χ0n) is 14.5. The van der Waals surface area contributed by atoms with Crippen LogP contribution in [0.5, 0.6) is 0 Å². The zero-order valence-corrected chi connectivity index (χ0v) is 15.3. The van der Waals surface area contributed by atoms with Crippen LogP contribution < -0.4 is 10.2 Å². The molecular weight excluding hydrogens is 320 g/mol. The quantitative estimate of drug-likeness (QED) is 0.906. The van der Waals surface area contributed by atoms with Crippen LogP contribution in [-0.2, 0) is 9.59 Å². The number of carbonyl (C=O) groups is 2. The number of amides is 2. The average molecular weight is 346 g/mol. The van der Waals surface area contributed by atoms with Crippen molar-refractivity contribution in [3.05, 3.63) is 24.3 Å². The largest absolute Gasteiger partial charge is 0.352 e. The fourth-order valence-corrected chi connectivity index (χ4v) is 4.78. The number of para-hydroxylation sites is 1. The molecule has 1 saturated carbocycles. The molecule has 2 amide bonds. The first-order valence-electron chi connectivity index (χ1n) is 8.96. The van der Waals surface area contributed by atoms with Gasteiger partial charge in [-0.15, -0.1) is 11.8 Å². The van der Waals surface area contributed by atoms with E-state index < -0.39 is 0 Å². The van der Waals surface area contributed by atoms with Gasteiger partial charge >= 0.3 is 0 Å². The van der Waals surface area contributed by atoms with E-state index in [4.69, 9.17) is 0 Å². The van der Waals surface area contributed by atoms with Crippen molar-refractivity contribution < 1.29 is 9.59 Å². The highest BCUT2D eigenvalue weighted by molar-refractivity contribution is 8.01. The predicted molar refractivity (Wildman–Crippen MR) is 98.3 cm³/mol. The lowest BCUT2D eigenvalue weighted by molar-refractivity contribution is -0.124. The Morgan fingerprint density at radius 2 is 2.04 bits per heavy atom. The van der Waals surface area contributed by atoms with Gasteiger partial charge in [0.1, 0.15) is 6.54 Å². The van der Waals surface area contributed by atoms with Crippen molar-refractivity contribution in [2.24, 2.45) is 5.92 Å². The Kier molecular flexibility index (Phi) is 5.49. The second kappa shape index (κ2) is 7.60. The lowest BCUT2D eigenvalue weighted by Gasteiger charge is -2.34. The molecule has 1 aliphatic carbocycles. The van der Waals surface area contributed by atoms with Crippen LogP contribution in [0.3, 0.4) is 0 Å². The third kappa shape index (κ3) is 3.61. The van der Waals surface area contributed by atoms with Crippen molar-refractivity contribution in [2.75, 3.05) is 11.4 Å². The third-order valence-corrected chi connectivity index (χ3v) is 6.52. The maximum atomic E-state index is 12.7. The molecule has 1 heterocycles. The van der Waals surface area contributed by atoms with Gasteiger partial charge in [-0.25, -0.2) is 0 Å². The molecule has 0 unspecified atom stereocenters. The van der Waals surface area contributed by atoms with Gasteiger partial charge in [-0.05, 0) is 37.3 Å². The smallest absolute Gasteiger partial charge is 0.240 e. The second-order valence-electron chi connectivity index (χ2n) is 6.84. The third-order valence-electron chi connectivity index (χ3n) is 5.10. The Hall–Kier alpha value is -1.49. The van der Waals surface area contributed by atoms with Crippen LogP contribution in [0.4, 0.5) is 5.69 Å². The van der Waals surface area contributed by atoms with E-state index in [1.807, 2.05) is 31.2 Å². The summed E-state index contributed by atoms with van der Waals surface area (Å²) in [4.78, 5) is 28.1. The number of fused-ring (bicyclic) bond motifs is 1. The molecule has 3 atom stereocenters. The van der Waals surface area contributed by atoms with Crippen LogP contribution in [0.2, 0.25) is 0 Å². The molecule has 1 aliphatic heterocycles. The molecule has 3 rings (SSSR count). The molecule has 1 fully saturated rings. The van der Waals surface area contributed by atoms with Crippen LogP contribution in [0.15, 0.2) is 29.2 Å². The Morgan fingerprint density at radius 1 is 1.29 bits per heavy atom. The van der Waals surface area contributed by atoms with Gasteiger partial charge < -0.3 is 10.2 Å². The van der Waals surface area contributed by atoms with E-state index in [2.05, 4.69) is 12.2 Å². The molecule has 2 aliphatic rings. The lowest BCUT2D eigenvalue weighted by Crippen LogP contribution is -2.49. The number of rotatable bonds is 4. The highest BCUT2D eigenvalue weighted by atomic mass is 32.2. The standard InChI is InChI=1S/C19H26N2O2S/c1-3-16-19(23)21(15-10-6-7-11-17(15)24-16)12-18(22)20-14-9-5-4-8-13(14)2/h6-7,10-11,13-14,16H,3-5,8-9,12H2,1-2H3,(H,20,22)/t13-,14-,16-/m0/s1. The van der Waals surface area contributed by atoms with Crippen LogP contribution in [0, 0.1) is 5.92 Å². The fraction of sp³-hybridized carbons (Fsp3) is 0.579. The highest BCUT2D eigenvalue weighted by Gasteiger charge is 2.34. The fourth-order valence-electron chi connectivity index (χ4n) is 3.62. The van der Waals surface area contributed by atoms with Crippen molar-refractivity contribution in [1.29, 1.82) is 0 Å². The van der Waals surface area contributed by atoms with Gasteiger partial charge in [0, 0.05) is 10.9 Å². The lowest BCUT2D eigenvalue weighted by atomic mass is 9.86. The van der Waals surface area contributed by atoms with E-state index in [0.29, 0.717) is 5.92 Å². The van der Waals surface area contributed by atoms with Gasteiger partial charge in [-0.3, -0.25) is 9.59 Å². The zero-order chi connectivity index (χ0) is 17.1. The summed E-state index contributed by atoms with van der Waals surface area (Å²) < 4.78 is 0. The number of carbonyl (C=O) groups excluding carboxylic acids is 2. The van der Waals surface area contributed by atoms with Gasteiger partial charge in [0.05, 0.1) is 10.9 Å². The molecule has 130 valence electrons. The Bertz CT molecular complexity index is 619. The molecule has 0 saturated heterocycles. The number of thioether (sulfide) groups is 1. The predicted octanol–water partition coefficient (Wildman–Crippen LogP) is 3.60. The molecule has 5 heteroatoms. The first-order chi connectivity index (χ1) is 11.6. The number of hydrogen-bond acceptors (Lipinski definition) is 3. The second-order valence-corrected chi connectivity index (χ2v) is 8.09. The molecular formula is C19H26N2O2S. The van der Waals surface area contributed by atoms with Crippen LogP contribution in [0.25, 0.3) is 0 Å². The number of hydrogen-bond donors (Lipinski definition) is 1. The normalized spacial score (nSPS) is 26.8. The van der Waals surface area contributed by atoms with Crippen LogP contribution in [-0.4, -0.2) is 29.7 Å². The van der Waals surface area contributed by atoms with Crippen molar-refractivity contribution in [1.82, 2.24) is 5.32 Å². The van der Waals surface area contributed by atoms with E-state index in [1.54, 1.807) is 16.7 Å². The summed E-state index contributed by atoms with van der Waals surface area (Å²) in [6.07, 6.45) is 5.42. The van der Waals surface area contributed by atoms with E-state index in [-0.39, 0.29) is 29.7 Å². The Balaban J connectivity index is 1.72. The summed E-state index contributed by atoms with van der Waals surface area (Å²) in [6.45, 7) is 4.34. The number of anilines is 1. The van der Waals surface area contributed by atoms with E-state index >= 15 is 0 Å². The maximum Gasteiger partial charge on any atom is 0.240 e. The minimum atomic E-state index is -0.0960. The van der Waals surface area contributed by atoms with E-state index in [1.165, 1.54) is 19.3 Å². The molecule has 4 nitrogen and oxygen atoms in total. The van der Waals surface area contributed by atoms with Gasteiger partial charge in [-0.1, -0.05) is 38.8 Å². The monoisotopic (exact) mass is 346 g/mol. The van der Waals surface area contributed by atoms with Crippen molar-refractivity contribution in [3.63, 3.8) is 0 Å². The van der Waals surface area contributed by atoms with E-state index in [0.717, 1.165) is 23.4 Å². The first kappa shape index (κ1) is 17.3. The molecule has 0 aromatic heterocycles. The average Bonchev–Trinajstić information content (AvgIpc) is 2.59. The summed E-state index contributed by atoms with van der Waals surface area (Å²) in [5.74, 6) is 0.526. The van der Waals surface area contributed by atoms with Crippen molar-refractivity contribution in [3.8, 4) is 0 Å². The Labute approximate surface area is 148 Å². The summed E-state index contributed by atoms with van der Waals surface area (Å²) >= 11 is 1.61. The highest BCUT2D eigenvalue weighted by Crippen LogP contribution is 2.39. The van der Waals surface area contributed by atoms with Gasteiger partial charge in [0.2, 0.25) is 11.8 Å². The van der Waals surface area contributed by atoms with E-state index in [9.17, 15) is 9.59 Å². The number of nitrogens with zero attached hydrogens (tertiary/aromatic N) is 1. The van der Waals surface area contributed by atoms with Crippen LogP contribution in [0.1, 0.15) is 46.0 Å². The van der Waals surface area contributed by atoms with Gasteiger partial charge in [0.25, 0.3) is 0 Å². The number of nitrogens with one attached hydrogen (secondary N) is 1. The topological polar surface area (TPSA) is 49.4 Å². The SMILES string of the molecule is CC[C@@H]1Sc2ccccc2N(CC(=O)N[C@H]2CCCC[C@@H]2C)C1=O. The molecule has 0 spiro atoms. The number of benzene rings is 1. The summed E-state index contributed by atoms with van der Waals surface area (Å²) in [5, 5.41) is 3.06. The van der Waals surface area contributed by atoms with Gasteiger partial charge in [0.15, 0.2) is 0 Å². The molecule has 1 aromatic carbocycles. The summed E-state index contributed by atoms with van der Waals surface area (Å²) in [5.41, 5.74) is 0.865. The minimum Gasteiger partial charge on any atom is -0.352 e. The van der Waals surface area contributed by atoms with Crippen molar-refractivity contribution in [2.45, 2.75) is 62.1 Å². The van der Waals surface area contributed by atoms with Gasteiger partial charge in [-0.2, -0.15) is 0 Å². The molecule has 1 aromatic rings. The summed E-state index contributed by atoms with van der Waals surface area (Å²) in [7, 11) is 0. The molecule has 0 radical (unpaired) electrons. The molecule has 1 N–H and O–H groups in total. The molecule has 0 bridgehead atoms. The maximum absolute atomic E-state index is 12.7. The van der Waals surface area contributed by atoms with Crippen LogP contribution >= 0.6 is 11.8 Å². The molecule has 24 heavy (non-hydrogen) atoms. The summed E-state index contributed by atoms with van der Waals surface area (Å²) in [6, 6.07) is 8.12. The van der Waals surface area contributed by atoms with Crippen molar-refractivity contribution >= 4 is 29.3 Å².